The number of amides is 1. The van der Waals surface area contributed by atoms with Crippen LogP contribution in [0.5, 0.6) is 0 Å². The quantitative estimate of drug-likeness (QED) is 0.412. The highest BCUT2D eigenvalue weighted by Crippen LogP contribution is 2.47. The number of fused-ring (bicyclic) bond motifs is 2. The van der Waals surface area contributed by atoms with Gasteiger partial charge in [0.25, 0.3) is 0 Å². The number of nitrogens with one attached hydrogen (secondary N) is 1. The maximum atomic E-state index is 13.2. The molecule has 2 aliphatic heterocycles. The number of likely N-dealkylation sites (tertiary alicyclic amines) is 1. The summed E-state index contributed by atoms with van der Waals surface area (Å²) < 4.78 is 11.0. The van der Waals surface area contributed by atoms with Crippen molar-refractivity contribution in [2.45, 2.75) is 83.5 Å². The van der Waals surface area contributed by atoms with Gasteiger partial charge in [-0.15, -0.1) is 0 Å². The highest BCUT2D eigenvalue weighted by atomic mass is 16.6. The molecule has 1 aromatic heterocycles. The van der Waals surface area contributed by atoms with E-state index in [2.05, 4.69) is 33.4 Å². The highest BCUT2D eigenvalue weighted by Gasteiger charge is 2.55. The Morgan fingerprint density at radius 2 is 1.85 bits per heavy atom. The first-order valence-corrected chi connectivity index (χ1v) is 14.9. The third-order valence-electron chi connectivity index (χ3n) is 8.35. The summed E-state index contributed by atoms with van der Waals surface area (Å²) in [6, 6.07) is 14.7. The number of esters is 1. The number of aromatic nitrogens is 1. The predicted octanol–water partition coefficient (Wildman–Crippen LogP) is 5.13. The fourth-order valence-electron chi connectivity index (χ4n) is 6.46. The first kappa shape index (κ1) is 28.6. The molecule has 8 heteroatoms. The van der Waals surface area contributed by atoms with Crippen LogP contribution in [-0.2, 0) is 20.7 Å². The lowest BCUT2D eigenvalue weighted by molar-refractivity contribution is -0.143. The second-order valence-electron chi connectivity index (χ2n) is 12.4. The van der Waals surface area contributed by atoms with Crippen LogP contribution in [0.2, 0.25) is 0 Å². The molecule has 1 saturated carbocycles. The topological polar surface area (TPSA) is 84.0 Å². The molecule has 1 amide bonds. The number of carbonyl (C=O) groups excluding carboxylic acids is 2. The molecule has 0 spiro atoms. The molecule has 3 heterocycles. The van der Waals surface area contributed by atoms with E-state index < -0.39 is 5.60 Å². The van der Waals surface area contributed by atoms with Gasteiger partial charge in [-0.25, -0.2) is 9.78 Å². The highest BCUT2D eigenvalue weighted by molar-refractivity contribution is 5.88. The number of anilines is 1. The number of ether oxygens (including phenoxy) is 2. The zero-order valence-corrected chi connectivity index (χ0v) is 24.3. The van der Waals surface area contributed by atoms with Gasteiger partial charge in [-0.2, -0.15) is 0 Å². The van der Waals surface area contributed by atoms with E-state index in [1.54, 1.807) is 11.1 Å². The maximum absolute atomic E-state index is 13.2. The van der Waals surface area contributed by atoms with Gasteiger partial charge in [-0.1, -0.05) is 36.4 Å². The number of rotatable bonds is 10. The van der Waals surface area contributed by atoms with Crippen LogP contribution in [0.1, 0.15) is 70.5 Å². The molecular weight excluding hydrogens is 504 g/mol. The molecule has 0 radical (unpaired) electrons. The Morgan fingerprint density at radius 1 is 1.10 bits per heavy atom. The monoisotopic (exact) mass is 548 g/mol. The molecular formula is C32H44N4O4. The van der Waals surface area contributed by atoms with Crippen molar-refractivity contribution in [3.8, 4) is 0 Å². The van der Waals surface area contributed by atoms with E-state index in [0.29, 0.717) is 30.9 Å². The van der Waals surface area contributed by atoms with E-state index in [9.17, 15) is 9.59 Å². The van der Waals surface area contributed by atoms with Crippen LogP contribution in [0.15, 0.2) is 48.7 Å². The normalized spacial score (nSPS) is 24.6. The molecule has 216 valence electrons. The van der Waals surface area contributed by atoms with Crippen molar-refractivity contribution >= 4 is 17.9 Å². The Kier molecular flexibility index (Phi) is 8.76. The number of hydrogen-bond acceptors (Lipinski definition) is 7. The van der Waals surface area contributed by atoms with E-state index in [1.807, 2.05) is 52.0 Å². The van der Waals surface area contributed by atoms with Crippen LogP contribution in [-0.4, -0.2) is 65.9 Å². The second-order valence-corrected chi connectivity index (χ2v) is 12.4. The largest absolute Gasteiger partial charge is 0.466 e. The lowest BCUT2D eigenvalue weighted by Crippen LogP contribution is -2.47. The standard InChI is InChI=1S/C32H44N4O4/c1-5-39-28(37)19-27(22-11-7-6-8-12-22)34-29-25-20-35(21-26(25)29)18-10-14-24-16-15-23-13-9-17-33-30(23)36(24)31(38)40-32(2,3)4/h6-9,11-13,17,24-27,29,34H,5,10,14-16,18-21H2,1-4H3/t24?,25-,26+,27?,29?. The number of hydrogen-bond donors (Lipinski definition) is 1. The van der Waals surface area contributed by atoms with Crippen LogP contribution >= 0.6 is 0 Å². The number of pyridine rings is 1. The molecule has 1 saturated heterocycles. The number of aryl methyl sites for hydroxylation is 1. The Labute approximate surface area is 238 Å². The molecule has 3 unspecified atom stereocenters. The molecule has 1 aliphatic carbocycles. The Morgan fingerprint density at radius 3 is 2.55 bits per heavy atom. The lowest BCUT2D eigenvalue weighted by atomic mass is 9.95. The average molecular weight is 549 g/mol. The first-order valence-electron chi connectivity index (χ1n) is 14.9. The SMILES string of the molecule is CCOC(=O)CC(NC1[C@H]2CN(CCCC3CCc4cccnc4N3C(=O)OC(C)(C)C)C[C@@H]12)c1ccccc1. The fourth-order valence-corrected chi connectivity index (χ4v) is 6.46. The second kappa shape index (κ2) is 12.3. The van der Waals surface area contributed by atoms with E-state index >= 15 is 0 Å². The lowest BCUT2D eigenvalue weighted by Gasteiger charge is -2.37. The molecule has 2 fully saturated rings. The van der Waals surface area contributed by atoms with E-state index in [1.165, 1.54) is 0 Å². The van der Waals surface area contributed by atoms with Crippen molar-refractivity contribution in [2.24, 2.45) is 11.8 Å². The smallest absolute Gasteiger partial charge is 0.416 e. The van der Waals surface area contributed by atoms with Crippen LogP contribution in [0.25, 0.3) is 0 Å². The molecule has 2 aromatic rings. The predicted molar refractivity (Wildman–Crippen MR) is 155 cm³/mol. The number of carbonyl (C=O) groups is 2. The fraction of sp³-hybridized carbons (Fsp3) is 0.594. The van der Waals surface area contributed by atoms with Crippen molar-refractivity contribution in [1.29, 1.82) is 0 Å². The van der Waals surface area contributed by atoms with Crippen LogP contribution < -0.4 is 10.2 Å². The van der Waals surface area contributed by atoms with Crippen molar-refractivity contribution in [2.75, 3.05) is 31.1 Å². The van der Waals surface area contributed by atoms with Crippen molar-refractivity contribution < 1.29 is 19.1 Å². The van der Waals surface area contributed by atoms with Crippen molar-refractivity contribution in [3.63, 3.8) is 0 Å². The number of nitrogens with zero attached hydrogens (tertiary/aromatic N) is 3. The van der Waals surface area contributed by atoms with Gasteiger partial charge in [0.1, 0.15) is 11.4 Å². The van der Waals surface area contributed by atoms with Gasteiger partial charge in [-0.05, 0) is 89.0 Å². The minimum Gasteiger partial charge on any atom is -0.466 e. The first-order chi connectivity index (χ1) is 19.2. The molecule has 1 aromatic carbocycles. The summed E-state index contributed by atoms with van der Waals surface area (Å²) in [5.41, 5.74) is 1.69. The molecule has 40 heavy (non-hydrogen) atoms. The molecule has 1 N–H and O–H groups in total. The number of benzene rings is 1. The maximum Gasteiger partial charge on any atom is 0.416 e. The molecule has 5 atom stereocenters. The summed E-state index contributed by atoms with van der Waals surface area (Å²) in [5, 5.41) is 3.78. The summed E-state index contributed by atoms with van der Waals surface area (Å²) in [5.74, 6) is 1.84. The van der Waals surface area contributed by atoms with Crippen molar-refractivity contribution in [3.05, 3.63) is 59.8 Å². The van der Waals surface area contributed by atoms with E-state index in [4.69, 9.17) is 9.47 Å². The number of piperidine rings is 1. The average Bonchev–Trinajstić information content (AvgIpc) is 3.35. The summed E-state index contributed by atoms with van der Waals surface area (Å²) >= 11 is 0. The van der Waals surface area contributed by atoms with Gasteiger partial charge in [0.15, 0.2) is 0 Å². The van der Waals surface area contributed by atoms with E-state index in [-0.39, 0.29) is 24.1 Å². The van der Waals surface area contributed by atoms with Gasteiger partial charge < -0.3 is 19.7 Å². The summed E-state index contributed by atoms with van der Waals surface area (Å²) in [4.78, 5) is 34.4. The summed E-state index contributed by atoms with van der Waals surface area (Å²) in [6.45, 7) is 11.2. The zero-order chi connectivity index (χ0) is 28.3. The molecule has 5 rings (SSSR count). The summed E-state index contributed by atoms with van der Waals surface area (Å²) in [7, 11) is 0. The van der Waals surface area contributed by atoms with E-state index in [0.717, 1.165) is 62.3 Å². The van der Waals surface area contributed by atoms with Crippen molar-refractivity contribution in [1.82, 2.24) is 15.2 Å². The Balaban J connectivity index is 1.12. The molecule has 3 aliphatic rings. The van der Waals surface area contributed by atoms with Crippen LogP contribution in [0, 0.1) is 11.8 Å². The van der Waals surface area contributed by atoms with Gasteiger partial charge in [0, 0.05) is 37.4 Å². The third-order valence-corrected chi connectivity index (χ3v) is 8.35. The Hall–Kier alpha value is -2.97. The minimum atomic E-state index is -0.551. The van der Waals surface area contributed by atoms with Crippen LogP contribution in [0.4, 0.5) is 10.6 Å². The minimum absolute atomic E-state index is 0.0223. The molecule has 8 nitrogen and oxygen atoms in total. The van der Waals surface area contributed by atoms with Crippen LogP contribution in [0.3, 0.4) is 0 Å². The molecule has 0 bridgehead atoms. The third kappa shape index (κ3) is 6.84. The zero-order valence-electron chi connectivity index (χ0n) is 24.3. The van der Waals surface area contributed by atoms with Gasteiger partial charge in [0.2, 0.25) is 0 Å². The summed E-state index contributed by atoms with van der Waals surface area (Å²) in [6.07, 6.45) is 5.63. The van der Waals surface area contributed by atoms with Gasteiger partial charge >= 0.3 is 12.1 Å². The van der Waals surface area contributed by atoms with Gasteiger partial charge in [-0.3, -0.25) is 9.69 Å². The van der Waals surface area contributed by atoms with Gasteiger partial charge in [0.05, 0.1) is 13.0 Å². The Bertz CT molecular complexity index is 1160.